The van der Waals surface area contributed by atoms with Crippen molar-refractivity contribution in [3.63, 3.8) is 0 Å². The summed E-state index contributed by atoms with van der Waals surface area (Å²) in [5.41, 5.74) is 8.25. The quantitative estimate of drug-likeness (QED) is 0.216. The predicted molar refractivity (Wildman–Crippen MR) is 168 cm³/mol. The Balaban J connectivity index is 1.34. The Morgan fingerprint density at radius 3 is 2.10 bits per heavy atom. The molecule has 2 nitrogen and oxygen atoms in total. The lowest BCUT2D eigenvalue weighted by atomic mass is 9.98. The van der Waals surface area contributed by atoms with Gasteiger partial charge in [0.25, 0.3) is 0 Å². The minimum Gasteiger partial charge on any atom is -0.455 e. The summed E-state index contributed by atoms with van der Waals surface area (Å²) in [5.74, 6) is 0.984. The SMILES string of the molecule is c1ccc2cc3c(cc2c1)c1ccccc1n3-c1ccc2c3c(cccc13)-c1c-2oc2ccc3ccccc3c12. The van der Waals surface area contributed by atoms with Gasteiger partial charge in [0, 0.05) is 38.1 Å². The van der Waals surface area contributed by atoms with Crippen molar-refractivity contribution >= 4 is 65.1 Å². The first-order valence-electron chi connectivity index (χ1n) is 13.8. The second-order valence-corrected chi connectivity index (χ2v) is 10.9. The molecule has 9 aromatic rings. The van der Waals surface area contributed by atoms with Gasteiger partial charge >= 0.3 is 0 Å². The molecule has 184 valence electrons. The van der Waals surface area contributed by atoms with Gasteiger partial charge in [-0.25, -0.2) is 0 Å². The summed E-state index contributed by atoms with van der Waals surface area (Å²) in [7, 11) is 0. The van der Waals surface area contributed by atoms with E-state index in [0.29, 0.717) is 0 Å². The van der Waals surface area contributed by atoms with Crippen molar-refractivity contribution in [3.05, 3.63) is 127 Å². The molecule has 0 spiro atoms. The molecule has 0 bridgehead atoms. The van der Waals surface area contributed by atoms with Crippen molar-refractivity contribution in [2.75, 3.05) is 0 Å². The fourth-order valence-corrected chi connectivity index (χ4v) is 7.21. The molecule has 2 heteroatoms. The minimum absolute atomic E-state index is 0.949. The fraction of sp³-hybridized carbons (Fsp3) is 0. The van der Waals surface area contributed by atoms with E-state index in [1.165, 1.54) is 81.9 Å². The van der Waals surface area contributed by atoms with Gasteiger partial charge in [0.2, 0.25) is 0 Å². The Morgan fingerprint density at radius 2 is 1.20 bits per heavy atom. The van der Waals surface area contributed by atoms with Gasteiger partial charge in [0.05, 0.1) is 16.7 Å². The van der Waals surface area contributed by atoms with Crippen molar-refractivity contribution in [1.82, 2.24) is 4.57 Å². The van der Waals surface area contributed by atoms with E-state index in [1.54, 1.807) is 0 Å². The van der Waals surface area contributed by atoms with Crippen LogP contribution in [0.25, 0.3) is 93.2 Å². The number of hydrogen-bond donors (Lipinski definition) is 0. The molecule has 10 rings (SSSR count). The highest BCUT2D eigenvalue weighted by atomic mass is 16.3. The first-order valence-corrected chi connectivity index (χ1v) is 13.8. The summed E-state index contributed by atoms with van der Waals surface area (Å²) in [5, 5.41) is 11.3. The van der Waals surface area contributed by atoms with Crippen LogP contribution in [-0.4, -0.2) is 4.57 Å². The zero-order chi connectivity index (χ0) is 25.9. The molecular weight excluding hydrogens is 486 g/mol. The molecule has 0 saturated carbocycles. The predicted octanol–water partition coefficient (Wildman–Crippen LogP) is 10.6. The molecule has 0 radical (unpaired) electrons. The molecular formula is C38H21NO. The molecule has 2 heterocycles. The third-order valence-corrected chi connectivity index (χ3v) is 8.89. The fourth-order valence-electron chi connectivity index (χ4n) is 7.21. The van der Waals surface area contributed by atoms with E-state index in [2.05, 4.69) is 132 Å². The third-order valence-electron chi connectivity index (χ3n) is 8.89. The van der Waals surface area contributed by atoms with E-state index in [9.17, 15) is 0 Å². The smallest absolute Gasteiger partial charge is 0.143 e. The lowest BCUT2D eigenvalue weighted by molar-refractivity contribution is 0.634. The third kappa shape index (κ3) is 2.45. The van der Waals surface area contributed by atoms with Crippen LogP contribution >= 0.6 is 0 Å². The zero-order valence-electron chi connectivity index (χ0n) is 21.5. The van der Waals surface area contributed by atoms with E-state index in [4.69, 9.17) is 4.42 Å². The number of hydrogen-bond acceptors (Lipinski definition) is 1. The standard InChI is InChI=1S/C38H21NO/c1-2-10-24-21-33-30(20-23(24)9-1)26-12-5-6-15-31(26)39(33)32-18-17-29-35-27(32)13-7-14-28(35)37-36-25-11-4-3-8-22(25)16-19-34(36)40-38(29)37/h1-21H. The highest BCUT2D eigenvalue weighted by Crippen LogP contribution is 2.54. The molecule has 7 aromatic carbocycles. The maximum atomic E-state index is 6.60. The molecule has 0 atom stereocenters. The zero-order valence-corrected chi connectivity index (χ0v) is 21.5. The lowest BCUT2D eigenvalue weighted by Crippen LogP contribution is -1.96. The summed E-state index contributed by atoms with van der Waals surface area (Å²) in [4.78, 5) is 0. The van der Waals surface area contributed by atoms with E-state index in [0.717, 1.165) is 11.3 Å². The van der Waals surface area contributed by atoms with E-state index in [1.807, 2.05) is 0 Å². The lowest BCUT2D eigenvalue weighted by Gasteiger charge is -2.13. The number of aromatic nitrogens is 1. The molecule has 2 aromatic heterocycles. The normalized spacial score (nSPS) is 12.5. The first-order chi connectivity index (χ1) is 19.8. The van der Waals surface area contributed by atoms with Crippen LogP contribution in [0.4, 0.5) is 0 Å². The molecule has 40 heavy (non-hydrogen) atoms. The Bertz CT molecular complexity index is 2540. The van der Waals surface area contributed by atoms with E-state index in [-0.39, 0.29) is 0 Å². The van der Waals surface area contributed by atoms with E-state index >= 15 is 0 Å². The van der Waals surface area contributed by atoms with Gasteiger partial charge in [0.1, 0.15) is 11.3 Å². The Morgan fingerprint density at radius 1 is 0.450 bits per heavy atom. The number of furan rings is 1. The number of para-hydroxylation sites is 1. The van der Waals surface area contributed by atoms with Gasteiger partial charge < -0.3 is 8.98 Å². The summed E-state index contributed by atoms with van der Waals surface area (Å²) >= 11 is 0. The van der Waals surface area contributed by atoms with Crippen molar-refractivity contribution in [2.45, 2.75) is 0 Å². The Labute approximate surface area is 229 Å². The van der Waals surface area contributed by atoms with Crippen LogP contribution in [0.1, 0.15) is 0 Å². The molecule has 0 N–H and O–H groups in total. The van der Waals surface area contributed by atoms with Gasteiger partial charge in [0.15, 0.2) is 0 Å². The van der Waals surface area contributed by atoms with Crippen LogP contribution in [0.5, 0.6) is 0 Å². The second-order valence-electron chi connectivity index (χ2n) is 10.9. The van der Waals surface area contributed by atoms with Crippen LogP contribution in [-0.2, 0) is 0 Å². The van der Waals surface area contributed by atoms with Crippen molar-refractivity contribution in [2.24, 2.45) is 0 Å². The Kier molecular flexibility index (Phi) is 3.70. The van der Waals surface area contributed by atoms with Crippen LogP contribution in [0.3, 0.4) is 0 Å². The van der Waals surface area contributed by atoms with Gasteiger partial charge in [-0.15, -0.1) is 0 Å². The number of benzene rings is 7. The summed E-state index contributed by atoms with van der Waals surface area (Å²) in [6, 6.07) is 46.3. The summed E-state index contributed by atoms with van der Waals surface area (Å²) in [6.45, 7) is 0. The van der Waals surface area contributed by atoms with Crippen LogP contribution in [0.2, 0.25) is 0 Å². The first kappa shape index (κ1) is 20.6. The Hall–Kier alpha value is -5.34. The largest absolute Gasteiger partial charge is 0.455 e. The van der Waals surface area contributed by atoms with E-state index < -0.39 is 0 Å². The van der Waals surface area contributed by atoms with Crippen molar-refractivity contribution < 1.29 is 4.42 Å². The topological polar surface area (TPSA) is 18.1 Å². The van der Waals surface area contributed by atoms with Crippen molar-refractivity contribution in [3.8, 4) is 28.1 Å². The van der Waals surface area contributed by atoms with Gasteiger partial charge in [-0.2, -0.15) is 0 Å². The average Bonchev–Trinajstić information content (AvgIpc) is 3.65. The van der Waals surface area contributed by atoms with Crippen LogP contribution in [0, 0.1) is 0 Å². The number of rotatable bonds is 1. The maximum absolute atomic E-state index is 6.60. The molecule has 1 aliphatic carbocycles. The number of nitrogens with zero attached hydrogens (tertiary/aromatic N) is 1. The molecule has 0 unspecified atom stereocenters. The molecule has 0 fully saturated rings. The molecule has 0 amide bonds. The second kappa shape index (κ2) is 7.19. The summed E-state index contributed by atoms with van der Waals surface area (Å²) < 4.78 is 9.06. The average molecular weight is 508 g/mol. The molecule has 0 aliphatic heterocycles. The monoisotopic (exact) mass is 507 g/mol. The highest BCUT2D eigenvalue weighted by molar-refractivity contribution is 6.26. The van der Waals surface area contributed by atoms with Crippen LogP contribution < -0.4 is 0 Å². The highest BCUT2D eigenvalue weighted by Gasteiger charge is 2.30. The minimum atomic E-state index is 0.949. The maximum Gasteiger partial charge on any atom is 0.143 e. The van der Waals surface area contributed by atoms with Crippen LogP contribution in [0.15, 0.2) is 132 Å². The van der Waals surface area contributed by atoms with Gasteiger partial charge in [-0.3, -0.25) is 0 Å². The molecule has 0 saturated heterocycles. The summed E-state index contributed by atoms with van der Waals surface area (Å²) in [6.07, 6.45) is 0. The van der Waals surface area contributed by atoms with Gasteiger partial charge in [-0.05, 0) is 63.5 Å². The van der Waals surface area contributed by atoms with Gasteiger partial charge in [-0.1, -0.05) is 91.0 Å². The van der Waals surface area contributed by atoms with Crippen molar-refractivity contribution in [1.29, 1.82) is 0 Å². The molecule has 1 aliphatic rings. The number of fused-ring (bicyclic) bond motifs is 11.